The number of carbonyl (C=O) groups is 1. The van der Waals surface area contributed by atoms with Gasteiger partial charge in [0.25, 0.3) is 0 Å². The zero-order valence-electron chi connectivity index (χ0n) is 17.5. The zero-order valence-corrected chi connectivity index (χ0v) is 17.5. The molecule has 0 spiro atoms. The third-order valence-corrected chi connectivity index (χ3v) is 7.05. The minimum absolute atomic E-state index is 0.0448. The summed E-state index contributed by atoms with van der Waals surface area (Å²) in [5.74, 6) is -1.23. The molecule has 2 fully saturated rings. The van der Waals surface area contributed by atoms with E-state index in [0.29, 0.717) is 18.8 Å². The van der Waals surface area contributed by atoms with Crippen molar-refractivity contribution < 1.29 is 24.9 Å². The fourth-order valence-corrected chi connectivity index (χ4v) is 5.08. The van der Waals surface area contributed by atoms with Crippen LogP contribution in [0.15, 0.2) is 0 Å². The Hall–Kier alpha value is -0.650. The number of hydrogen-bond donors (Lipinski definition) is 3. The van der Waals surface area contributed by atoms with Gasteiger partial charge in [-0.2, -0.15) is 0 Å². The van der Waals surface area contributed by atoms with E-state index in [1.165, 1.54) is 0 Å². The van der Waals surface area contributed by atoms with Crippen molar-refractivity contribution in [1.29, 1.82) is 0 Å². The number of aliphatic hydroxyl groups excluding tert-OH is 1. The van der Waals surface area contributed by atoms with Gasteiger partial charge in [-0.1, -0.05) is 52.9 Å². The molecule has 0 aromatic rings. The van der Waals surface area contributed by atoms with Crippen LogP contribution in [0.2, 0.25) is 0 Å². The molecule has 1 aliphatic carbocycles. The Balaban J connectivity index is 1.83. The van der Waals surface area contributed by atoms with Crippen LogP contribution in [-0.4, -0.2) is 39.3 Å². The molecule has 0 bridgehead atoms. The largest absolute Gasteiger partial charge is 0.481 e. The lowest BCUT2D eigenvalue weighted by Gasteiger charge is -2.49. The van der Waals surface area contributed by atoms with Crippen LogP contribution < -0.4 is 0 Å². The number of aliphatic hydroxyl groups is 2. The topological polar surface area (TPSA) is 87.0 Å². The van der Waals surface area contributed by atoms with Crippen LogP contribution in [0.4, 0.5) is 0 Å². The predicted molar refractivity (Wildman–Crippen MR) is 105 cm³/mol. The van der Waals surface area contributed by atoms with Gasteiger partial charge in [-0.3, -0.25) is 4.79 Å². The number of aliphatic carboxylic acids is 1. The smallest absolute Gasteiger partial charge is 0.303 e. The molecule has 1 saturated carbocycles. The highest BCUT2D eigenvalue weighted by molar-refractivity contribution is 5.66. The van der Waals surface area contributed by atoms with Crippen LogP contribution in [-0.2, 0) is 9.53 Å². The minimum atomic E-state index is -1.09. The molecule has 5 heteroatoms. The lowest BCUT2D eigenvalue weighted by Crippen LogP contribution is -2.53. The van der Waals surface area contributed by atoms with Crippen LogP contribution in [0.25, 0.3) is 0 Å². The van der Waals surface area contributed by atoms with Crippen molar-refractivity contribution in [2.75, 3.05) is 0 Å². The molecule has 0 radical (unpaired) electrons. The first-order valence-corrected chi connectivity index (χ1v) is 11.0. The Morgan fingerprint density at radius 1 is 1.19 bits per heavy atom. The van der Waals surface area contributed by atoms with Crippen molar-refractivity contribution in [3.63, 3.8) is 0 Å². The molecule has 1 unspecified atom stereocenters. The summed E-state index contributed by atoms with van der Waals surface area (Å²) >= 11 is 0. The summed E-state index contributed by atoms with van der Waals surface area (Å²) in [6, 6.07) is 0. The normalized spacial score (nSPS) is 33.8. The van der Waals surface area contributed by atoms with Crippen LogP contribution >= 0.6 is 0 Å². The van der Waals surface area contributed by atoms with Crippen LogP contribution in [0.5, 0.6) is 0 Å². The van der Waals surface area contributed by atoms with Crippen molar-refractivity contribution in [2.24, 2.45) is 17.3 Å². The fourth-order valence-electron chi connectivity index (χ4n) is 5.08. The highest BCUT2D eigenvalue weighted by atomic mass is 16.6. The van der Waals surface area contributed by atoms with Gasteiger partial charge in [0.15, 0.2) is 5.79 Å². The average Bonchev–Trinajstić information content (AvgIpc) is 2.90. The molecule has 158 valence electrons. The molecule has 5 atom stereocenters. The Bertz CT molecular complexity index is 477. The summed E-state index contributed by atoms with van der Waals surface area (Å²) in [7, 11) is 0. The lowest BCUT2D eigenvalue weighted by atomic mass is 9.72. The first-order valence-electron chi connectivity index (χ1n) is 11.0. The van der Waals surface area contributed by atoms with E-state index in [2.05, 4.69) is 20.8 Å². The number of rotatable bonds is 11. The maximum Gasteiger partial charge on any atom is 0.303 e. The molecule has 2 aliphatic rings. The Labute approximate surface area is 164 Å². The van der Waals surface area contributed by atoms with Crippen LogP contribution in [0, 0.1) is 17.3 Å². The highest BCUT2D eigenvalue weighted by Gasteiger charge is 2.54. The number of hydrogen-bond acceptors (Lipinski definition) is 4. The Morgan fingerprint density at radius 2 is 1.89 bits per heavy atom. The number of carboxylic acids is 1. The second-order valence-corrected chi connectivity index (χ2v) is 9.44. The molecule has 1 saturated heterocycles. The van der Waals surface area contributed by atoms with Crippen molar-refractivity contribution in [2.45, 2.75) is 116 Å². The molecule has 1 aliphatic heterocycles. The minimum Gasteiger partial charge on any atom is -0.481 e. The zero-order chi connectivity index (χ0) is 20.1. The van der Waals surface area contributed by atoms with Crippen molar-refractivity contribution in [3.8, 4) is 0 Å². The molecular weight excluding hydrogens is 344 g/mol. The second-order valence-electron chi connectivity index (χ2n) is 9.44. The first kappa shape index (κ1) is 22.6. The van der Waals surface area contributed by atoms with Crippen molar-refractivity contribution in [3.05, 3.63) is 0 Å². The maximum atomic E-state index is 11.2. The van der Waals surface area contributed by atoms with E-state index >= 15 is 0 Å². The summed E-state index contributed by atoms with van der Waals surface area (Å²) in [6.45, 7) is 6.36. The van der Waals surface area contributed by atoms with Gasteiger partial charge in [0.2, 0.25) is 0 Å². The van der Waals surface area contributed by atoms with Gasteiger partial charge in [-0.25, -0.2) is 0 Å². The van der Waals surface area contributed by atoms with Gasteiger partial charge in [0.05, 0.1) is 12.2 Å². The van der Waals surface area contributed by atoms with E-state index in [4.69, 9.17) is 9.84 Å². The number of unbranched alkanes of at least 4 members (excludes halogenated alkanes) is 4. The van der Waals surface area contributed by atoms with E-state index in [0.717, 1.165) is 57.8 Å². The van der Waals surface area contributed by atoms with E-state index in [1.807, 2.05) is 0 Å². The molecule has 3 N–H and O–H groups in total. The van der Waals surface area contributed by atoms with Gasteiger partial charge in [-0.05, 0) is 37.5 Å². The van der Waals surface area contributed by atoms with Crippen molar-refractivity contribution >= 4 is 5.97 Å². The highest BCUT2D eigenvalue weighted by Crippen LogP contribution is 2.51. The number of ether oxygens (including phenoxy) is 1. The van der Waals surface area contributed by atoms with Crippen molar-refractivity contribution in [1.82, 2.24) is 0 Å². The van der Waals surface area contributed by atoms with E-state index in [-0.39, 0.29) is 30.0 Å². The first-order chi connectivity index (χ1) is 12.7. The van der Waals surface area contributed by atoms with Gasteiger partial charge >= 0.3 is 5.97 Å². The fraction of sp³-hybridized carbons (Fsp3) is 0.955. The quantitative estimate of drug-likeness (QED) is 0.457. The summed E-state index contributed by atoms with van der Waals surface area (Å²) < 4.78 is 6.26. The lowest BCUT2D eigenvalue weighted by molar-refractivity contribution is -0.316. The molecular formula is C22H40O5. The van der Waals surface area contributed by atoms with E-state index in [1.54, 1.807) is 0 Å². The van der Waals surface area contributed by atoms with Crippen LogP contribution in [0.3, 0.4) is 0 Å². The maximum absolute atomic E-state index is 11.2. The molecule has 0 amide bonds. The molecule has 0 aromatic carbocycles. The SMILES string of the molecule is CCCCC(C)(C)C1(O)CC[C@@H]2[C@@H](CCCCCCC(=O)O)[C@H](O)C[C@H]2O1. The van der Waals surface area contributed by atoms with E-state index in [9.17, 15) is 15.0 Å². The molecule has 1 heterocycles. The molecule has 0 aromatic heterocycles. The summed E-state index contributed by atoms with van der Waals surface area (Å²) in [5, 5.41) is 30.5. The Morgan fingerprint density at radius 3 is 2.56 bits per heavy atom. The monoisotopic (exact) mass is 384 g/mol. The predicted octanol–water partition coefficient (Wildman–Crippen LogP) is 4.49. The van der Waals surface area contributed by atoms with Gasteiger partial charge in [0.1, 0.15) is 0 Å². The van der Waals surface area contributed by atoms with Gasteiger partial charge < -0.3 is 20.1 Å². The summed E-state index contributed by atoms with van der Waals surface area (Å²) in [6.07, 6.45) is 9.86. The molecule has 27 heavy (non-hydrogen) atoms. The average molecular weight is 385 g/mol. The third kappa shape index (κ3) is 5.68. The van der Waals surface area contributed by atoms with Crippen LogP contribution in [0.1, 0.15) is 97.8 Å². The molecule has 2 rings (SSSR count). The summed E-state index contributed by atoms with van der Waals surface area (Å²) in [5.41, 5.74) is -0.277. The van der Waals surface area contributed by atoms with E-state index < -0.39 is 11.8 Å². The Kier molecular flexibility index (Phi) is 8.14. The third-order valence-electron chi connectivity index (χ3n) is 7.05. The molecule has 5 nitrogen and oxygen atoms in total. The summed E-state index contributed by atoms with van der Waals surface area (Å²) in [4.78, 5) is 10.6. The number of fused-ring (bicyclic) bond motifs is 1. The standard InChI is InChI=1S/C22H40O5/c1-4-5-13-21(2,3)22(26)14-12-17-16(18(23)15-19(17)27-22)10-8-6-7-9-11-20(24)25/h16-19,23,26H,4-15H2,1-3H3,(H,24,25)/t16-,17-,18-,19-,22?/m1/s1. The second kappa shape index (κ2) is 9.71. The van der Waals surface area contributed by atoms with Gasteiger partial charge in [-0.15, -0.1) is 0 Å². The number of carboxylic acid groups (broad SMARTS) is 1. The van der Waals surface area contributed by atoms with Gasteiger partial charge in [0, 0.05) is 24.7 Å².